The molecule has 140 valence electrons. The van der Waals surface area contributed by atoms with Gasteiger partial charge in [0.1, 0.15) is 12.6 Å². The van der Waals surface area contributed by atoms with Gasteiger partial charge in [-0.2, -0.15) is 0 Å². The smallest absolute Gasteiger partial charge is 0.256 e. The van der Waals surface area contributed by atoms with Gasteiger partial charge in [-0.05, 0) is 52.7 Å². The van der Waals surface area contributed by atoms with Gasteiger partial charge in [0.05, 0.1) is 11.3 Å². The molecule has 0 unspecified atom stereocenters. The first-order valence-corrected chi connectivity index (χ1v) is 9.35. The van der Waals surface area contributed by atoms with Gasteiger partial charge in [-0.3, -0.25) is 14.4 Å². The lowest BCUT2D eigenvalue weighted by molar-refractivity contribution is -0.135. The van der Waals surface area contributed by atoms with E-state index in [1.54, 1.807) is 34.1 Å². The maximum absolute atomic E-state index is 13.2. The molecular formula is C20H27N3O3. The van der Waals surface area contributed by atoms with Crippen LogP contribution in [0, 0.1) is 0 Å². The topological polar surface area (TPSA) is 60.9 Å². The van der Waals surface area contributed by atoms with E-state index in [1.807, 2.05) is 27.7 Å². The number of carbonyl (C=O) groups excluding carboxylic acids is 3. The molecule has 3 rings (SSSR count). The van der Waals surface area contributed by atoms with Gasteiger partial charge >= 0.3 is 0 Å². The van der Waals surface area contributed by atoms with E-state index in [0.717, 1.165) is 6.42 Å². The summed E-state index contributed by atoms with van der Waals surface area (Å²) in [6.45, 7) is 8.44. The number of para-hydroxylation sites is 1. The van der Waals surface area contributed by atoms with Crippen LogP contribution in [0.1, 0.15) is 50.9 Å². The fraction of sp³-hybridized carbons (Fsp3) is 0.550. The highest BCUT2D eigenvalue weighted by Gasteiger charge is 2.42. The van der Waals surface area contributed by atoms with E-state index in [9.17, 15) is 14.4 Å². The first kappa shape index (κ1) is 18.4. The molecule has 0 radical (unpaired) electrons. The Hall–Kier alpha value is -2.37. The SMILES string of the molecule is CC(C)N(C(=O)CN1C(=O)[C@H]2CCCN2C(=O)c2ccccc21)C(C)C. The number of benzene rings is 1. The van der Waals surface area contributed by atoms with Gasteiger partial charge in [0, 0.05) is 18.6 Å². The van der Waals surface area contributed by atoms with Crippen LogP contribution in [-0.2, 0) is 9.59 Å². The normalized spacial score (nSPS) is 19.7. The molecule has 1 saturated heterocycles. The molecular weight excluding hydrogens is 330 g/mol. The zero-order valence-electron chi connectivity index (χ0n) is 15.9. The first-order chi connectivity index (χ1) is 12.3. The summed E-state index contributed by atoms with van der Waals surface area (Å²) in [5.74, 6) is -0.366. The average Bonchev–Trinajstić information content (AvgIpc) is 3.05. The van der Waals surface area contributed by atoms with Crippen LogP contribution in [-0.4, -0.2) is 58.7 Å². The largest absolute Gasteiger partial charge is 0.336 e. The second kappa shape index (κ2) is 7.09. The summed E-state index contributed by atoms with van der Waals surface area (Å²) >= 11 is 0. The molecule has 6 heteroatoms. The first-order valence-electron chi connectivity index (χ1n) is 9.35. The molecule has 1 fully saturated rings. The Morgan fingerprint density at radius 2 is 1.81 bits per heavy atom. The number of fused-ring (bicyclic) bond motifs is 2. The number of hydrogen-bond donors (Lipinski definition) is 0. The molecule has 0 N–H and O–H groups in total. The third kappa shape index (κ3) is 3.08. The van der Waals surface area contributed by atoms with Crippen LogP contribution >= 0.6 is 0 Å². The minimum absolute atomic E-state index is 0.0379. The third-order valence-corrected chi connectivity index (χ3v) is 5.18. The Kier molecular flexibility index (Phi) is 5.03. The fourth-order valence-electron chi connectivity index (χ4n) is 4.16. The van der Waals surface area contributed by atoms with Crippen molar-refractivity contribution in [1.82, 2.24) is 9.80 Å². The molecule has 26 heavy (non-hydrogen) atoms. The number of nitrogens with zero attached hydrogens (tertiary/aromatic N) is 3. The van der Waals surface area contributed by atoms with Crippen LogP contribution in [0.15, 0.2) is 24.3 Å². The zero-order chi connectivity index (χ0) is 19.0. The lowest BCUT2D eigenvalue weighted by Gasteiger charge is -2.33. The molecule has 0 bridgehead atoms. The van der Waals surface area contributed by atoms with Gasteiger partial charge < -0.3 is 14.7 Å². The summed E-state index contributed by atoms with van der Waals surface area (Å²) in [7, 11) is 0. The van der Waals surface area contributed by atoms with Crippen molar-refractivity contribution in [3.63, 3.8) is 0 Å². The van der Waals surface area contributed by atoms with Gasteiger partial charge in [0.25, 0.3) is 5.91 Å². The Morgan fingerprint density at radius 3 is 2.46 bits per heavy atom. The van der Waals surface area contributed by atoms with Crippen molar-refractivity contribution in [2.75, 3.05) is 18.0 Å². The summed E-state index contributed by atoms with van der Waals surface area (Å²) in [4.78, 5) is 44.0. The minimum atomic E-state index is -0.464. The van der Waals surface area contributed by atoms with Crippen LogP contribution in [0.5, 0.6) is 0 Å². The predicted molar refractivity (Wildman–Crippen MR) is 100.0 cm³/mol. The number of hydrogen-bond acceptors (Lipinski definition) is 3. The predicted octanol–water partition coefficient (Wildman–Crippen LogP) is 2.28. The molecule has 1 atom stereocenters. The van der Waals surface area contributed by atoms with Crippen LogP contribution in [0.3, 0.4) is 0 Å². The number of anilines is 1. The standard InChI is InChI=1S/C20H27N3O3/c1-13(2)23(14(3)4)18(24)12-22-16-9-6-5-8-15(16)19(25)21-11-7-10-17(21)20(22)26/h5-6,8-9,13-14,17H,7,10-12H2,1-4H3/t17-/m1/s1. The van der Waals surface area contributed by atoms with Crippen molar-refractivity contribution in [2.24, 2.45) is 0 Å². The van der Waals surface area contributed by atoms with Crippen molar-refractivity contribution in [3.8, 4) is 0 Å². The van der Waals surface area contributed by atoms with Crippen molar-refractivity contribution in [1.29, 1.82) is 0 Å². The lowest BCUT2D eigenvalue weighted by atomic mass is 10.1. The summed E-state index contributed by atoms with van der Waals surface area (Å²) in [6, 6.07) is 6.73. The van der Waals surface area contributed by atoms with Crippen molar-refractivity contribution < 1.29 is 14.4 Å². The molecule has 2 aliphatic heterocycles. The van der Waals surface area contributed by atoms with Gasteiger partial charge in [-0.25, -0.2) is 0 Å². The molecule has 6 nitrogen and oxygen atoms in total. The zero-order valence-corrected chi connectivity index (χ0v) is 15.9. The van der Waals surface area contributed by atoms with E-state index in [1.165, 1.54) is 4.90 Å². The molecule has 0 aliphatic carbocycles. The van der Waals surface area contributed by atoms with Gasteiger partial charge in [0.15, 0.2) is 0 Å². The van der Waals surface area contributed by atoms with E-state index in [-0.39, 0.29) is 36.3 Å². The molecule has 1 aromatic carbocycles. The summed E-state index contributed by atoms with van der Waals surface area (Å²) < 4.78 is 0. The van der Waals surface area contributed by atoms with Crippen molar-refractivity contribution >= 4 is 23.4 Å². The molecule has 2 heterocycles. The van der Waals surface area contributed by atoms with Crippen LogP contribution in [0.25, 0.3) is 0 Å². The van der Waals surface area contributed by atoms with E-state index in [4.69, 9.17) is 0 Å². The van der Waals surface area contributed by atoms with Crippen LogP contribution in [0.2, 0.25) is 0 Å². The Bertz CT molecular complexity index is 721. The van der Waals surface area contributed by atoms with Crippen molar-refractivity contribution in [2.45, 2.75) is 58.7 Å². The maximum Gasteiger partial charge on any atom is 0.256 e. The van der Waals surface area contributed by atoms with Crippen LogP contribution < -0.4 is 4.90 Å². The molecule has 0 spiro atoms. The summed E-state index contributed by atoms with van der Waals surface area (Å²) in [6.07, 6.45) is 1.47. The van der Waals surface area contributed by atoms with E-state index in [0.29, 0.717) is 24.2 Å². The van der Waals surface area contributed by atoms with E-state index >= 15 is 0 Å². The molecule has 0 aromatic heterocycles. The Balaban J connectivity index is 1.99. The van der Waals surface area contributed by atoms with E-state index in [2.05, 4.69) is 0 Å². The third-order valence-electron chi connectivity index (χ3n) is 5.18. The number of amides is 3. The second-order valence-corrected chi connectivity index (χ2v) is 7.59. The highest BCUT2D eigenvalue weighted by molar-refractivity contribution is 6.12. The Morgan fingerprint density at radius 1 is 1.15 bits per heavy atom. The molecule has 0 saturated carbocycles. The number of carbonyl (C=O) groups is 3. The number of rotatable bonds is 4. The van der Waals surface area contributed by atoms with Gasteiger partial charge in [-0.15, -0.1) is 0 Å². The highest BCUT2D eigenvalue weighted by Crippen LogP contribution is 2.32. The minimum Gasteiger partial charge on any atom is -0.336 e. The molecule has 2 aliphatic rings. The highest BCUT2D eigenvalue weighted by atomic mass is 16.2. The second-order valence-electron chi connectivity index (χ2n) is 7.59. The average molecular weight is 357 g/mol. The summed E-state index contributed by atoms with van der Waals surface area (Å²) in [5.41, 5.74) is 1.04. The maximum atomic E-state index is 13.2. The monoisotopic (exact) mass is 357 g/mol. The van der Waals surface area contributed by atoms with E-state index < -0.39 is 6.04 Å². The lowest BCUT2D eigenvalue weighted by Crippen LogP contribution is -2.51. The fourth-order valence-corrected chi connectivity index (χ4v) is 4.16. The van der Waals surface area contributed by atoms with Gasteiger partial charge in [0.2, 0.25) is 11.8 Å². The van der Waals surface area contributed by atoms with Crippen LogP contribution in [0.4, 0.5) is 5.69 Å². The van der Waals surface area contributed by atoms with Crippen molar-refractivity contribution in [3.05, 3.63) is 29.8 Å². The molecule has 3 amide bonds. The van der Waals surface area contributed by atoms with Gasteiger partial charge in [-0.1, -0.05) is 12.1 Å². The quantitative estimate of drug-likeness (QED) is 0.831. The summed E-state index contributed by atoms with van der Waals surface area (Å²) in [5, 5.41) is 0. The Labute approximate surface area is 154 Å². The molecule has 1 aromatic rings.